The van der Waals surface area contributed by atoms with E-state index in [9.17, 15) is 22.8 Å². The maximum atomic E-state index is 12.3. The minimum Gasteiger partial charge on any atom is -0.355 e. The first kappa shape index (κ1) is 20.9. The van der Waals surface area contributed by atoms with Crippen LogP contribution in [-0.2, 0) is 4.79 Å². The predicted octanol–water partition coefficient (Wildman–Crippen LogP) is 4.96. The molecule has 0 aromatic heterocycles. The van der Waals surface area contributed by atoms with E-state index in [1.807, 2.05) is 0 Å². The van der Waals surface area contributed by atoms with Gasteiger partial charge >= 0.3 is 5.51 Å². The van der Waals surface area contributed by atoms with Gasteiger partial charge in [0.25, 0.3) is 5.91 Å². The van der Waals surface area contributed by atoms with Crippen LogP contribution in [0.4, 0.5) is 18.9 Å². The van der Waals surface area contributed by atoms with Crippen molar-refractivity contribution in [1.29, 1.82) is 0 Å². The monoisotopic (exact) mass is 414 g/mol. The minimum absolute atomic E-state index is 0.0621. The van der Waals surface area contributed by atoms with E-state index in [1.165, 1.54) is 61.7 Å². The molecule has 142 valence electrons. The molecule has 0 aliphatic heterocycles. The molecule has 2 N–H and O–H groups in total. The summed E-state index contributed by atoms with van der Waals surface area (Å²) in [5, 5.41) is 5.23. The van der Waals surface area contributed by atoms with Crippen LogP contribution in [0.25, 0.3) is 6.08 Å². The van der Waals surface area contributed by atoms with Gasteiger partial charge in [0, 0.05) is 23.6 Å². The molecule has 2 aromatic carbocycles. The van der Waals surface area contributed by atoms with Gasteiger partial charge in [0.2, 0.25) is 5.91 Å². The fraction of sp³-hybridized carbons (Fsp3) is 0.111. The molecule has 0 radical (unpaired) electrons. The maximum Gasteiger partial charge on any atom is 0.446 e. The summed E-state index contributed by atoms with van der Waals surface area (Å²) in [4.78, 5) is 23.6. The second-order valence-corrected chi connectivity index (χ2v) is 6.76. The molecule has 0 fully saturated rings. The first-order chi connectivity index (χ1) is 12.7. The highest BCUT2D eigenvalue weighted by Crippen LogP contribution is 2.36. The number of rotatable bonds is 5. The van der Waals surface area contributed by atoms with Crippen molar-refractivity contribution in [2.75, 3.05) is 12.4 Å². The quantitative estimate of drug-likeness (QED) is 0.537. The molecule has 2 amide bonds. The summed E-state index contributed by atoms with van der Waals surface area (Å²) in [7, 11) is 1.49. The van der Waals surface area contributed by atoms with Gasteiger partial charge in [-0.15, -0.1) is 0 Å². The van der Waals surface area contributed by atoms with Gasteiger partial charge in [-0.2, -0.15) is 13.2 Å². The van der Waals surface area contributed by atoms with Crippen molar-refractivity contribution in [2.24, 2.45) is 0 Å². The Kier molecular flexibility index (Phi) is 6.92. The summed E-state index contributed by atoms with van der Waals surface area (Å²) in [5.41, 5.74) is -3.09. The van der Waals surface area contributed by atoms with Crippen LogP contribution in [0, 0.1) is 0 Å². The molecule has 0 unspecified atom stereocenters. The van der Waals surface area contributed by atoms with Crippen LogP contribution in [0.1, 0.15) is 15.9 Å². The van der Waals surface area contributed by atoms with Crippen LogP contribution >= 0.6 is 23.4 Å². The zero-order chi connectivity index (χ0) is 20.0. The van der Waals surface area contributed by atoms with E-state index in [2.05, 4.69) is 10.6 Å². The van der Waals surface area contributed by atoms with E-state index in [0.717, 1.165) is 0 Å². The standard InChI is InChI=1S/C18H14ClF3N2O2S/c1-23-17(26)12-5-8-15(14(19)10-12)24-16(25)9-4-11-2-6-13(7-3-11)27-18(20,21)22/h2-10H,1H3,(H,23,26)(H,24,25). The highest BCUT2D eigenvalue weighted by Gasteiger charge is 2.28. The number of hydrogen-bond donors (Lipinski definition) is 2. The number of carbonyl (C=O) groups is 2. The van der Waals surface area contributed by atoms with Gasteiger partial charge in [-0.3, -0.25) is 9.59 Å². The number of anilines is 1. The lowest BCUT2D eigenvalue weighted by Gasteiger charge is -2.07. The number of hydrogen-bond acceptors (Lipinski definition) is 3. The first-order valence-corrected chi connectivity index (χ1v) is 8.74. The van der Waals surface area contributed by atoms with Gasteiger partial charge in [0.05, 0.1) is 10.7 Å². The third-order valence-corrected chi connectivity index (χ3v) is 4.31. The second-order valence-electron chi connectivity index (χ2n) is 5.21. The van der Waals surface area contributed by atoms with E-state index in [4.69, 9.17) is 11.6 Å². The van der Waals surface area contributed by atoms with Gasteiger partial charge in [0.1, 0.15) is 0 Å². The Labute approximate surface area is 162 Å². The Hall–Kier alpha value is -2.45. The molecule has 0 aliphatic carbocycles. The van der Waals surface area contributed by atoms with E-state index < -0.39 is 11.4 Å². The average molecular weight is 415 g/mol. The van der Waals surface area contributed by atoms with Crippen molar-refractivity contribution in [3.63, 3.8) is 0 Å². The van der Waals surface area contributed by atoms with Crippen LogP contribution in [0.2, 0.25) is 5.02 Å². The zero-order valence-electron chi connectivity index (χ0n) is 13.9. The molecule has 0 saturated carbocycles. The molecular weight excluding hydrogens is 401 g/mol. The number of halogens is 4. The molecule has 27 heavy (non-hydrogen) atoms. The average Bonchev–Trinajstić information content (AvgIpc) is 2.61. The summed E-state index contributed by atoms with van der Waals surface area (Å²) in [5.74, 6) is -0.778. The number of thioether (sulfide) groups is 1. The predicted molar refractivity (Wildman–Crippen MR) is 101 cm³/mol. The summed E-state index contributed by atoms with van der Waals surface area (Å²) < 4.78 is 36.9. The molecule has 0 bridgehead atoms. The molecule has 2 rings (SSSR count). The second kappa shape index (κ2) is 8.96. The molecule has 0 aliphatic rings. The lowest BCUT2D eigenvalue weighted by molar-refractivity contribution is -0.111. The van der Waals surface area contributed by atoms with E-state index >= 15 is 0 Å². The molecule has 2 aromatic rings. The minimum atomic E-state index is -4.34. The molecule has 0 saturated heterocycles. The van der Waals surface area contributed by atoms with Crippen LogP contribution in [0.5, 0.6) is 0 Å². The van der Waals surface area contributed by atoms with Crippen LogP contribution < -0.4 is 10.6 Å². The van der Waals surface area contributed by atoms with Gasteiger partial charge < -0.3 is 10.6 Å². The smallest absolute Gasteiger partial charge is 0.355 e. The summed E-state index contributed by atoms with van der Waals surface area (Å²) >= 11 is 5.84. The van der Waals surface area contributed by atoms with Crippen molar-refractivity contribution in [2.45, 2.75) is 10.4 Å². The summed E-state index contributed by atoms with van der Waals surface area (Å²) in [6.45, 7) is 0. The Morgan fingerprint density at radius 3 is 2.33 bits per heavy atom. The molecule has 0 atom stereocenters. The van der Waals surface area contributed by atoms with Gasteiger partial charge in [-0.05, 0) is 53.7 Å². The van der Waals surface area contributed by atoms with Gasteiger partial charge in [-0.1, -0.05) is 23.7 Å². The third kappa shape index (κ3) is 6.65. The number of alkyl halides is 3. The summed E-state index contributed by atoms with van der Waals surface area (Å²) in [6, 6.07) is 10.0. The van der Waals surface area contributed by atoms with Crippen LogP contribution in [0.3, 0.4) is 0 Å². The Morgan fingerprint density at radius 2 is 1.78 bits per heavy atom. The van der Waals surface area contributed by atoms with Crippen LogP contribution in [0.15, 0.2) is 53.4 Å². The van der Waals surface area contributed by atoms with Crippen molar-refractivity contribution in [3.05, 3.63) is 64.7 Å². The van der Waals surface area contributed by atoms with E-state index in [1.54, 1.807) is 0 Å². The lowest BCUT2D eigenvalue weighted by Crippen LogP contribution is -2.18. The highest BCUT2D eigenvalue weighted by molar-refractivity contribution is 8.00. The van der Waals surface area contributed by atoms with E-state index in [-0.39, 0.29) is 27.6 Å². The van der Waals surface area contributed by atoms with Crippen molar-refractivity contribution >= 4 is 46.9 Å². The summed E-state index contributed by atoms with van der Waals surface area (Å²) in [6.07, 6.45) is 2.69. The Morgan fingerprint density at radius 1 is 1.11 bits per heavy atom. The third-order valence-electron chi connectivity index (χ3n) is 3.26. The largest absolute Gasteiger partial charge is 0.446 e. The Balaban J connectivity index is 2.00. The van der Waals surface area contributed by atoms with Crippen LogP contribution in [-0.4, -0.2) is 24.4 Å². The highest BCUT2D eigenvalue weighted by atomic mass is 35.5. The maximum absolute atomic E-state index is 12.3. The molecule has 0 heterocycles. The van der Waals surface area contributed by atoms with Gasteiger partial charge in [0.15, 0.2) is 0 Å². The normalized spacial score (nSPS) is 11.4. The number of carbonyl (C=O) groups excluding carboxylic acids is 2. The first-order valence-electron chi connectivity index (χ1n) is 7.54. The van der Waals surface area contributed by atoms with Crippen molar-refractivity contribution in [3.8, 4) is 0 Å². The molecule has 9 heteroatoms. The topological polar surface area (TPSA) is 58.2 Å². The SMILES string of the molecule is CNC(=O)c1ccc(NC(=O)C=Cc2ccc(SC(F)(F)F)cc2)c(Cl)c1. The number of benzene rings is 2. The van der Waals surface area contributed by atoms with Gasteiger partial charge in [-0.25, -0.2) is 0 Å². The zero-order valence-corrected chi connectivity index (χ0v) is 15.5. The van der Waals surface area contributed by atoms with Crippen molar-refractivity contribution in [1.82, 2.24) is 5.32 Å². The number of nitrogens with one attached hydrogen (secondary N) is 2. The molecule has 4 nitrogen and oxygen atoms in total. The molecular formula is C18H14ClF3N2O2S. The molecule has 0 spiro atoms. The van der Waals surface area contributed by atoms with Crippen molar-refractivity contribution < 1.29 is 22.8 Å². The Bertz CT molecular complexity index is 868. The lowest BCUT2D eigenvalue weighted by atomic mass is 10.2. The fourth-order valence-electron chi connectivity index (χ4n) is 2.03. The van der Waals surface area contributed by atoms with E-state index in [0.29, 0.717) is 16.8 Å². The number of amides is 2. The fourth-order valence-corrected chi connectivity index (χ4v) is 2.80.